The minimum absolute atomic E-state index is 0.186. The maximum Gasteiger partial charge on any atom is 0.264 e. The number of hydrogen-bond donors (Lipinski definition) is 1. The topological polar surface area (TPSA) is 111 Å². The van der Waals surface area contributed by atoms with Gasteiger partial charge in [0.15, 0.2) is 6.61 Å². The summed E-state index contributed by atoms with van der Waals surface area (Å²) in [5.74, 6) is 0.327. The van der Waals surface area contributed by atoms with Crippen molar-refractivity contribution in [2.24, 2.45) is 0 Å². The molecule has 2 heterocycles. The Kier molecular flexibility index (Phi) is 6.83. The van der Waals surface area contributed by atoms with Crippen molar-refractivity contribution in [1.29, 1.82) is 0 Å². The lowest BCUT2D eigenvalue weighted by Crippen LogP contribution is -2.31. The molecule has 0 saturated carbocycles. The van der Waals surface area contributed by atoms with Gasteiger partial charge in [0, 0.05) is 18.5 Å². The van der Waals surface area contributed by atoms with E-state index in [-0.39, 0.29) is 36.3 Å². The van der Waals surface area contributed by atoms with E-state index in [1.807, 2.05) is 6.07 Å². The van der Waals surface area contributed by atoms with Crippen molar-refractivity contribution in [2.75, 3.05) is 25.6 Å². The summed E-state index contributed by atoms with van der Waals surface area (Å²) < 4.78 is 11.1. The van der Waals surface area contributed by atoms with Crippen molar-refractivity contribution >= 4 is 34.2 Å². The lowest BCUT2D eigenvalue weighted by molar-refractivity contribution is -0.118. The molecule has 0 unspecified atom stereocenters. The van der Waals surface area contributed by atoms with Gasteiger partial charge in [-0.25, -0.2) is 0 Å². The first kappa shape index (κ1) is 24.3. The van der Waals surface area contributed by atoms with E-state index in [1.54, 1.807) is 43.5 Å². The molecule has 0 radical (unpaired) electrons. The number of amides is 3. The van der Waals surface area contributed by atoms with Crippen molar-refractivity contribution in [3.63, 3.8) is 0 Å². The molecule has 0 fully saturated rings. The fourth-order valence-electron chi connectivity index (χ4n) is 3.70. The molecular formula is C25H26N4O5S. The number of benzene rings is 2. The molecule has 1 aromatic heterocycles. The van der Waals surface area contributed by atoms with Crippen LogP contribution in [0.15, 0.2) is 42.5 Å². The Morgan fingerprint density at radius 3 is 2.37 bits per heavy atom. The smallest absolute Gasteiger partial charge is 0.264 e. The first-order chi connectivity index (χ1) is 16.7. The van der Waals surface area contributed by atoms with Gasteiger partial charge in [-0.05, 0) is 35.7 Å². The quantitative estimate of drug-likeness (QED) is 0.475. The molecule has 2 aromatic carbocycles. The molecule has 1 aliphatic heterocycles. The second-order valence-corrected chi connectivity index (χ2v) is 10.1. The van der Waals surface area contributed by atoms with Crippen LogP contribution in [-0.4, -0.2) is 53.1 Å². The highest BCUT2D eigenvalue weighted by molar-refractivity contribution is 7.15. The SMILES string of the molecule is COc1ccc(OCC(=O)Nc2nnc(CCN3C(=O)c4ccccc4C3=O)s2)c(C(C)(C)C)c1. The van der Waals surface area contributed by atoms with Gasteiger partial charge in [0.25, 0.3) is 17.7 Å². The van der Waals surface area contributed by atoms with E-state index >= 15 is 0 Å². The number of carbonyl (C=O) groups excluding carboxylic acids is 3. The van der Waals surface area contributed by atoms with E-state index in [0.29, 0.717) is 39.2 Å². The zero-order valence-corrected chi connectivity index (χ0v) is 20.8. The fraction of sp³-hybridized carbons (Fsp3) is 0.320. The molecule has 0 bridgehead atoms. The Morgan fingerprint density at radius 2 is 1.74 bits per heavy atom. The summed E-state index contributed by atoms with van der Waals surface area (Å²) in [5, 5.41) is 11.7. The summed E-state index contributed by atoms with van der Waals surface area (Å²) in [5.41, 5.74) is 1.55. The third kappa shape index (κ3) is 5.32. The number of imide groups is 1. The number of hydrogen-bond acceptors (Lipinski definition) is 8. The fourth-order valence-corrected chi connectivity index (χ4v) is 4.45. The van der Waals surface area contributed by atoms with Gasteiger partial charge in [-0.2, -0.15) is 0 Å². The summed E-state index contributed by atoms with van der Waals surface area (Å²) in [6, 6.07) is 12.2. The maximum atomic E-state index is 12.5. The number of anilines is 1. The molecule has 4 rings (SSSR count). The molecular weight excluding hydrogens is 468 g/mol. The lowest BCUT2D eigenvalue weighted by Gasteiger charge is -2.23. The number of rotatable bonds is 8. The molecule has 182 valence electrons. The van der Waals surface area contributed by atoms with Crippen molar-refractivity contribution in [1.82, 2.24) is 15.1 Å². The Hall–Kier alpha value is -3.79. The van der Waals surface area contributed by atoms with E-state index in [0.717, 1.165) is 5.56 Å². The van der Waals surface area contributed by atoms with Gasteiger partial charge in [0.2, 0.25) is 5.13 Å². The van der Waals surface area contributed by atoms with Crippen molar-refractivity contribution in [3.05, 3.63) is 64.2 Å². The average Bonchev–Trinajstić information content (AvgIpc) is 3.37. The first-order valence-corrected chi connectivity index (χ1v) is 11.9. The molecule has 0 spiro atoms. The Bertz CT molecular complexity index is 1250. The number of methoxy groups -OCH3 is 1. The highest BCUT2D eigenvalue weighted by Crippen LogP contribution is 2.34. The highest BCUT2D eigenvalue weighted by atomic mass is 32.1. The van der Waals surface area contributed by atoms with Gasteiger partial charge in [0.1, 0.15) is 16.5 Å². The van der Waals surface area contributed by atoms with Gasteiger partial charge in [-0.3, -0.25) is 24.6 Å². The van der Waals surface area contributed by atoms with E-state index in [1.165, 1.54) is 16.2 Å². The molecule has 0 aliphatic carbocycles. The van der Waals surface area contributed by atoms with E-state index in [4.69, 9.17) is 9.47 Å². The standard InChI is InChI=1S/C25H26N4O5S/c1-25(2,3)18-13-15(33-4)9-10-19(18)34-14-20(30)26-24-28-27-21(35-24)11-12-29-22(31)16-7-5-6-8-17(16)23(29)32/h5-10,13H,11-12,14H2,1-4H3,(H,26,28,30). The Morgan fingerprint density at radius 1 is 1.06 bits per heavy atom. The van der Waals surface area contributed by atoms with E-state index < -0.39 is 0 Å². The number of aromatic nitrogens is 2. The Balaban J connectivity index is 1.32. The number of nitrogens with zero attached hydrogens (tertiary/aromatic N) is 3. The minimum Gasteiger partial charge on any atom is -0.497 e. The molecule has 10 heteroatoms. The van der Waals surface area contributed by atoms with Crippen LogP contribution in [0.1, 0.15) is 52.1 Å². The number of nitrogens with one attached hydrogen (secondary N) is 1. The molecule has 3 aromatic rings. The number of fused-ring (bicyclic) bond motifs is 1. The number of ether oxygens (including phenoxy) is 2. The van der Waals surface area contributed by atoms with Crippen LogP contribution in [0.5, 0.6) is 11.5 Å². The summed E-state index contributed by atoms with van der Waals surface area (Å²) in [4.78, 5) is 38.6. The maximum absolute atomic E-state index is 12.5. The van der Waals surface area contributed by atoms with Crippen LogP contribution in [-0.2, 0) is 16.6 Å². The molecule has 3 amide bonds. The lowest BCUT2D eigenvalue weighted by atomic mass is 9.86. The molecule has 1 N–H and O–H groups in total. The molecule has 9 nitrogen and oxygen atoms in total. The van der Waals surface area contributed by atoms with Gasteiger partial charge in [-0.1, -0.05) is 44.2 Å². The van der Waals surface area contributed by atoms with Gasteiger partial charge in [-0.15, -0.1) is 10.2 Å². The van der Waals surface area contributed by atoms with Crippen molar-refractivity contribution in [3.8, 4) is 11.5 Å². The van der Waals surface area contributed by atoms with Crippen LogP contribution in [0.3, 0.4) is 0 Å². The molecule has 0 atom stereocenters. The third-order valence-electron chi connectivity index (χ3n) is 5.49. The van der Waals surface area contributed by atoms with Gasteiger partial charge >= 0.3 is 0 Å². The van der Waals surface area contributed by atoms with Crippen LogP contribution < -0.4 is 14.8 Å². The average molecular weight is 495 g/mol. The van der Waals surface area contributed by atoms with Crippen LogP contribution in [0.4, 0.5) is 5.13 Å². The zero-order chi connectivity index (χ0) is 25.2. The highest BCUT2D eigenvalue weighted by Gasteiger charge is 2.34. The zero-order valence-electron chi connectivity index (χ0n) is 20.0. The van der Waals surface area contributed by atoms with E-state index in [9.17, 15) is 14.4 Å². The summed E-state index contributed by atoms with van der Waals surface area (Å²) in [7, 11) is 1.60. The minimum atomic E-state index is -0.372. The Labute approximate surface area is 207 Å². The molecule has 1 aliphatic rings. The largest absolute Gasteiger partial charge is 0.497 e. The molecule has 0 saturated heterocycles. The summed E-state index contributed by atoms with van der Waals surface area (Å²) >= 11 is 1.19. The predicted molar refractivity (Wildman–Crippen MR) is 131 cm³/mol. The van der Waals surface area contributed by atoms with Crippen LogP contribution in [0, 0.1) is 0 Å². The van der Waals surface area contributed by atoms with Crippen LogP contribution in [0.2, 0.25) is 0 Å². The first-order valence-electron chi connectivity index (χ1n) is 11.1. The third-order valence-corrected chi connectivity index (χ3v) is 6.39. The van der Waals surface area contributed by atoms with E-state index in [2.05, 4.69) is 36.3 Å². The van der Waals surface area contributed by atoms with Gasteiger partial charge < -0.3 is 9.47 Å². The molecule has 35 heavy (non-hydrogen) atoms. The summed E-state index contributed by atoms with van der Waals surface area (Å²) in [6.45, 7) is 6.16. The van der Waals surface area contributed by atoms with Crippen LogP contribution in [0.25, 0.3) is 0 Å². The van der Waals surface area contributed by atoms with Crippen LogP contribution >= 0.6 is 11.3 Å². The number of carbonyl (C=O) groups is 3. The predicted octanol–water partition coefficient (Wildman–Crippen LogP) is 3.70. The second kappa shape index (κ2) is 9.83. The monoisotopic (exact) mass is 494 g/mol. The van der Waals surface area contributed by atoms with Gasteiger partial charge in [0.05, 0.1) is 18.2 Å². The summed E-state index contributed by atoms with van der Waals surface area (Å²) in [6.07, 6.45) is 0.344. The second-order valence-electron chi connectivity index (χ2n) is 9.01. The van der Waals surface area contributed by atoms with Crippen molar-refractivity contribution < 1.29 is 23.9 Å². The van der Waals surface area contributed by atoms with Crippen molar-refractivity contribution in [2.45, 2.75) is 32.6 Å². The normalized spacial score (nSPS) is 13.1.